The van der Waals surface area contributed by atoms with Crippen LogP contribution in [0.15, 0.2) is 16.7 Å². The summed E-state index contributed by atoms with van der Waals surface area (Å²) in [7, 11) is 0. The van der Waals surface area contributed by atoms with Crippen molar-refractivity contribution in [3.63, 3.8) is 0 Å². The minimum atomic E-state index is -1.99. The average molecular weight is 453 g/mol. The Labute approximate surface area is 164 Å². The van der Waals surface area contributed by atoms with Crippen LogP contribution in [0.1, 0.15) is 23.2 Å². The maximum atomic E-state index is 10.8. The molecule has 128 valence electrons. The summed E-state index contributed by atoms with van der Waals surface area (Å²) in [6.07, 6.45) is 3.66. The van der Waals surface area contributed by atoms with E-state index in [1.165, 1.54) is 18.2 Å². The highest BCUT2D eigenvalue weighted by Gasteiger charge is 2.33. The third kappa shape index (κ3) is 4.84. The molecule has 0 aliphatic rings. The van der Waals surface area contributed by atoms with Gasteiger partial charge in [-0.3, -0.25) is 10.1 Å². The molecule has 0 aliphatic carbocycles. The molecule has 0 saturated heterocycles. The molecule has 0 unspecified atom stereocenters. The van der Waals surface area contributed by atoms with Crippen LogP contribution in [-0.2, 0) is 7.59 Å². The highest BCUT2D eigenvalue weighted by atomic mass is 35.6. The Balaban J connectivity index is 2.48. The number of rotatable bonds is 3. The Bertz CT molecular complexity index is 764. The van der Waals surface area contributed by atoms with E-state index in [0.29, 0.717) is 0 Å². The van der Waals surface area contributed by atoms with Crippen molar-refractivity contribution in [2.24, 2.45) is 0 Å². The lowest BCUT2D eigenvalue weighted by atomic mass is 10.3. The zero-order valence-corrected chi connectivity index (χ0v) is 15.6. The minimum Gasteiger partial charge on any atom is -0.457 e. The highest BCUT2D eigenvalue weighted by Crippen LogP contribution is 2.40. The SMILES string of the molecule is O=[N+]([O-])c1ccoc1/C=C/c1nc(C(Cl)(Cl)Cl)nc(C(Cl)(Cl)Cl)n1. The highest BCUT2D eigenvalue weighted by molar-refractivity contribution is 6.67. The minimum absolute atomic E-state index is 0.0359. The molecule has 0 spiro atoms. The molecule has 0 radical (unpaired) electrons. The summed E-state index contributed by atoms with van der Waals surface area (Å²) in [5.74, 6) is -0.653. The number of alkyl halides is 6. The summed E-state index contributed by atoms with van der Waals surface area (Å²) in [5.41, 5.74) is -0.247. The largest absolute Gasteiger partial charge is 0.457 e. The molecule has 2 aromatic rings. The van der Waals surface area contributed by atoms with Crippen molar-refractivity contribution in [2.45, 2.75) is 7.59 Å². The van der Waals surface area contributed by atoms with E-state index in [1.807, 2.05) is 0 Å². The van der Waals surface area contributed by atoms with Gasteiger partial charge in [0, 0.05) is 0 Å². The summed E-state index contributed by atoms with van der Waals surface area (Å²) >= 11 is 34.4. The lowest BCUT2D eigenvalue weighted by molar-refractivity contribution is -0.385. The normalized spacial score (nSPS) is 12.8. The lowest BCUT2D eigenvalue weighted by Gasteiger charge is -2.14. The molecule has 0 saturated carbocycles. The average Bonchev–Trinajstić information content (AvgIpc) is 2.91. The van der Waals surface area contributed by atoms with E-state index < -0.39 is 12.5 Å². The maximum absolute atomic E-state index is 10.8. The molecule has 24 heavy (non-hydrogen) atoms. The third-order valence-corrected chi connectivity index (χ3v) is 3.43. The Morgan fingerprint density at radius 2 is 1.54 bits per heavy atom. The molecule has 2 heterocycles. The van der Waals surface area contributed by atoms with E-state index in [0.717, 1.165) is 6.26 Å². The summed E-state index contributed by atoms with van der Waals surface area (Å²) in [6, 6.07) is 1.19. The molecule has 0 aliphatic heterocycles. The van der Waals surface area contributed by atoms with Crippen LogP contribution in [0.25, 0.3) is 12.2 Å². The molecular formula is C11H4Cl6N4O3. The van der Waals surface area contributed by atoms with Gasteiger partial charge in [0.25, 0.3) is 0 Å². The van der Waals surface area contributed by atoms with Gasteiger partial charge in [0.2, 0.25) is 13.3 Å². The van der Waals surface area contributed by atoms with Crippen molar-refractivity contribution < 1.29 is 9.34 Å². The predicted molar refractivity (Wildman–Crippen MR) is 92.6 cm³/mol. The Hall–Kier alpha value is -0.830. The number of hydrogen-bond acceptors (Lipinski definition) is 6. The number of nitro groups is 1. The molecule has 0 bridgehead atoms. The van der Waals surface area contributed by atoms with Crippen molar-refractivity contribution in [1.29, 1.82) is 0 Å². The summed E-state index contributed by atoms with van der Waals surface area (Å²) < 4.78 is 1.00. The first-order valence-corrected chi connectivity index (χ1v) is 8.05. The molecule has 0 N–H and O–H groups in total. The van der Waals surface area contributed by atoms with Crippen molar-refractivity contribution in [3.05, 3.63) is 45.7 Å². The second kappa shape index (κ2) is 7.19. The fraction of sp³-hybridized carbons (Fsp3) is 0.182. The van der Waals surface area contributed by atoms with Gasteiger partial charge in [0.1, 0.15) is 0 Å². The number of halogens is 6. The maximum Gasteiger partial charge on any atom is 0.314 e. The van der Waals surface area contributed by atoms with Crippen LogP contribution >= 0.6 is 69.6 Å². The lowest BCUT2D eigenvalue weighted by Crippen LogP contribution is -2.16. The van der Waals surface area contributed by atoms with Gasteiger partial charge < -0.3 is 4.42 Å². The second-order valence-corrected chi connectivity index (χ2v) is 8.66. The zero-order valence-electron chi connectivity index (χ0n) is 11.1. The first-order chi connectivity index (χ1) is 11.0. The van der Waals surface area contributed by atoms with E-state index in [-0.39, 0.29) is 28.9 Å². The van der Waals surface area contributed by atoms with Gasteiger partial charge >= 0.3 is 5.69 Å². The van der Waals surface area contributed by atoms with Gasteiger partial charge in [-0.1, -0.05) is 69.6 Å². The molecule has 0 atom stereocenters. The second-order valence-electron chi connectivity index (χ2n) is 4.10. The van der Waals surface area contributed by atoms with E-state index in [2.05, 4.69) is 15.0 Å². The van der Waals surface area contributed by atoms with Gasteiger partial charge in [-0.15, -0.1) is 0 Å². The van der Waals surface area contributed by atoms with E-state index >= 15 is 0 Å². The quantitative estimate of drug-likeness (QED) is 0.361. The number of nitrogens with zero attached hydrogens (tertiary/aromatic N) is 4. The standard InChI is InChI=1S/C11H4Cl6N4O3/c12-10(13,14)8-18-7(19-9(20-8)11(15,16)17)2-1-6-5(21(22)23)3-4-24-6/h1-4H/b2-1+. The predicted octanol–water partition coefficient (Wildman–Crippen LogP) is 5.20. The molecule has 7 nitrogen and oxygen atoms in total. The van der Waals surface area contributed by atoms with Gasteiger partial charge in [-0.2, -0.15) is 0 Å². The molecular weight excluding hydrogens is 449 g/mol. The van der Waals surface area contributed by atoms with Gasteiger partial charge in [0.05, 0.1) is 17.3 Å². The fourth-order valence-electron chi connectivity index (χ4n) is 1.46. The summed E-state index contributed by atoms with van der Waals surface area (Å²) in [6.45, 7) is 0. The number of aromatic nitrogens is 3. The summed E-state index contributed by atoms with van der Waals surface area (Å²) in [5, 5.41) is 10.8. The smallest absolute Gasteiger partial charge is 0.314 e. The van der Waals surface area contributed by atoms with Crippen LogP contribution in [0, 0.1) is 10.1 Å². The Morgan fingerprint density at radius 3 is 2.00 bits per heavy atom. The van der Waals surface area contributed by atoms with Crippen LogP contribution in [-0.4, -0.2) is 19.9 Å². The van der Waals surface area contributed by atoms with Gasteiger partial charge in [-0.05, 0) is 12.2 Å². The third-order valence-electron chi connectivity index (χ3n) is 2.41. The van der Waals surface area contributed by atoms with Gasteiger partial charge in [0.15, 0.2) is 17.5 Å². The van der Waals surface area contributed by atoms with Crippen molar-refractivity contribution in [1.82, 2.24) is 15.0 Å². The Morgan fingerprint density at radius 1 is 1.00 bits per heavy atom. The van der Waals surface area contributed by atoms with E-state index in [4.69, 9.17) is 74.0 Å². The zero-order chi connectivity index (χ0) is 18.1. The monoisotopic (exact) mass is 450 g/mol. The van der Waals surface area contributed by atoms with Crippen molar-refractivity contribution in [2.75, 3.05) is 0 Å². The van der Waals surface area contributed by atoms with Crippen LogP contribution in [0.4, 0.5) is 5.69 Å². The molecule has 2 rings (SSSR count). The van der Waals surface area contributed by atoms with Crippen molar-refractivity contribution >= 4 is 87.4 Å². The van der Waals surface area contributed by atoms with Crippen LogP contribution < -0.4 is 0 Å². The summed E-state index contributed by atoms with van der Waals surface area (Å²) in [4.78, 5) is 21.8. The molecule has 2 aromatic heterocycles. The fourth-order valence-corrected chi connectivity index (χ4v) is 1.97. The van der Waals surface area contributed by atoms with Gasteiger partial charge in [-0.25, -0.2) is 15.0 Å². The molecule has 0 amide bonds. The molecule has 13 heteroatoms. The van der Waals surface area contributed by atoms with E-state index in [9.17, 15) is 10.1 Å². The van der Waals surface area contributed by atoms with Crippen LogP contribution in [0.2, 0.25) is 0 Å². The molecule has 0 aromatic carbocycles. The topological polar surface area (TPSA) is 95.0 Å². The first kappa shape index (κ1) is 19.5. The molecule has 0 fully saturated rings. The van der Waals surface area contributed by atoms with Crippen molar-refractivity contribution in [3.8, 4) is 0 Å². The Kier molecular flexibility index (Phi) is 5.84. The van der Waals surface area contributed by atoms with Crippen LogP contribution in [0.5, 0.6) is 0 Å². The van der Waals surface area contributed by atoms with Crippen LogP contribution in [0.3, 0.4) is 0 Å². The number of furan rings is 1. The van der Waals surface area contributed by atoms with E-state index in [1.54, 1.807) is 0 Å². The first-order valence-electron chi connectivity index (χ1n) is 5.79. The number of hydrogen-bond donors (Lipinski definition) is 0.